The maximum atomic E-state index is 12.3. The highest BCUT2D eigenvalue weighted by atomic mass is 16.5. The Balaban J connectivity index is 1.56. The average Bonchev–Trinajstić information content (AvgIpc) is 2.92. The van der Waals surface area contributed by atoms with Gasteiger partial charge in [0.15, 0.2) is 6.10 Å². The number of hydrogen-bond acceptors (Lipinski definition) is 5. The molecule has 0 saturated carbocycles. The third kappa shape index (κ3) is 2.88. The van der Waals surface area contributed by atoms with Crippen molar-refractivity contribution < 1.29 is 9.53 Å². The molecule has 1 aliphatic heterocycles. The second kappa shape index (κ2) is 6.05. The summed E-state index contributed by atoms with van der Waals surface area (Å²) in [6.07, 6.45) is 1.65. The van der Waals surface area contributed by atoms with E-state index in [9.17, 15) is 4.79 Å². The lowest BCUT2D eigenvalue weighted by Gasteiger charge is -2.32. The van der Waals surface area contributed by atoms with Crippen molar-refractivity contribution in [3.8, 4) is 5.75 Å². The second-order valence-corrected chi connectivity index (χ2v) is 5.30. The Morgan fingerprint density at radius 2 is 2.23 bits per heavy atom. The Morgan fingerprint density at radius 3 is 3.00 bits per heavy atom. The van der Waals surface area contributed by atoms with Crippen LogP contribution in [0.3, 0.4) is 0 Å². The van der Waals surface area contributed by atoms with Crippen LogP contribution < -0.4 is 15.0 Å². The molecule has 2 aromatic rings. The largest absolute Gasteiger partial charge is 0.477 e. The number of aryl methyl sites for hydroxylation is 1. The minimum atomic E-state index is -0.501. The van der Waals surface area contributed by atoms with Gasteiger partial charge in [-0.2, -0.15) is 5.10 Å². The predicted molar refractivity (Wildman–Crippen MR) is 81.8 cm³/mol. The Labute approximate surface area is 128 Å². The van der Waals surface area contributed by atoms with E-state index in [4.69, 9.17) is 4.74 Å². The van der Waals surface area contributed by atoms with E-state index in [0.717, 1.165) is 17.3 Å². The van der Waals surface area contributed by atoms with E-state index in [0.29, 0.717) is 19.5 Å². The quantitative estimate of drug-likeness (QED) is 0.883. The SMILES string of the molecule is CN1C[C@@H](C(=O)NCCc2ncnn2C)Oc2ccccc21. The summed E-state index contributed by atoms with van der Waals surface area (Å²) in [4.78, 5) is 18.4. The molecule has 0 aliphatic carbocycles. The number of anilines is 1. The zero-order valence-corrected chi connectivity index (χ0v) is 12.7. The van der Waals surface area contributed by atoms with Crippen LogP contribution in [-0.4, -0.2) is 46.9 Å². The van der Waals surface area contributed by atoms with Crippen molar-refractivity contribution in [2.45, 2.75) is 12.5 Å². The molecule has 0 bridgehead atoms. The summed E-state index contributed by atoms with van der Waals surface area (Å²) < 4.78 is 7.49. The summed E-state index contributed by atoms with van der Waals surface area (Å²) >= 11 is 0. The van der Waals surface area contributed by atoms with E-state index < -0.39 is 6.10 Å². The number of nitrogens with one attached hydrogen (secondary N) is 1. The molecule has 2 heterocycles. The fourth-order valence-corrected chi connectivity index (χ4v) is 2.50. The standard InChI is InChI=1S/C15H19N5O2/c1-19-9-13(22-12-6-4-3-5-11(12)19)15(21)16-8-7-14-17-10-18-20(14)2/h3-6,10,13H,7-9H2,1-2H3,(H,16,21)/t13-/m0/s1. The molecule has 1 amide bonds. The molecule has 0 radical (unpaired) electrons. The summed E-state index contributed by atoms with van der Waals surface area (Å²) in [5.74, 6) is 1.47. The first kappa shape index (κ1) is 14.4. The van der Waals surface area contributed by atoms with Crippen LogP contribution in [0.25, 0.3) is 0 Å². The Kier molecular flexibility index (Phi) is 3.95. The van der Waals surface area contributed by atoms with Gasteiger partial charge in [-0.05, 0) is 12.1 Å². The van der Waals surface area contributed by atoms with Crippen molar-refractivity contribution in [1.82, 2.24) is 20.1 Å². The first-order valence-corrected chi connectivity index (χ1v) is 7.22. The average molecular weight is 301 g/mol. The molecule has 0 saturated heterocycles. The molecule has 22 heavy (non-hydrogen) atoms. The number of carbonyl (C=O) groups excluding carboxylic acids is 1. The molecule has 0 unspecified atom stereocenters. The Bertz CT molecular complexity index is 669. The van der Waals surface area contributed by atoms with Gasteiger partial charge in [0.2, 0.25) is 0 Å². The number of rotatable bonds is 4. The molecule has 7 heteroatoms. The number of aromatic nitrogens is 3. The summed E-state index contributed by atoms with van der Waals surface area (Å²) in [6.45, 7) is 1.05. The molecular weight excluding hydrogens is 282 g/mol. The van der Waals surface area contributed by atoms with E-state index in [2.05, 4.69) is 15.4 Å². The molecule has 0 fully saturated rings. The summed E-state index contributed by atoms with van der Waals surface area (Å²) in [7, 11) is 3.79. The minimum absolute atomic E-state index is 0.108. The molecule has 116 valence electrons. The number of amides is 1. The first-order valence-electron chi connectivity index (χ1n) is 7.22. The van der Waals surface area contributed by atoms with Crippen molar-refractivity contribution in [1.29, 1.82) is 0 Å². The highest BCUT2D eigenvalue weighted by Gasteiger charge is 2.28. The number of fused-ring (bicyclic) bond motifs is 1. The van der Waals surface area contributed by atoms with Crippen molar-refractivity contribution in [3.05, 3.63) is 36.4 Å². The van der Waals surface area contributed by atoms with Crippen molar-refractivity contribution in [2.75, 3.05) is 25.0 Å². The van der Waals surface area contributed by atoms with Gasteiger partial charge >= 0.3 is 0 Å². The van der Waals surface area contributed by atoms with E-state index in [1.165, 1.54) is 6.33 Å². The number of para-hydroxylation sites is 2. The van der Waals surface area contributed by atoms with Crippen LogP contribution in [0.15, 0.2) is 30.6 Å². The number of hydrogen-bond donors (Lipinski definition) is 1. The normalized spacial score (nSPS) is 16.8. The van der Waals surface area contributed by atoms with Crippen LogP contribution in [0.5, 0.6) is 5.75 Å². The molecular formula is C15H19N5O2. The van der Waals surface area contributed by atoms with Crippen LogP contribution in [0.2, 0.25) is 0 Å². The molecule has 1 aromatic carbocycles. The van der Waals surface area contributed by atoms with Gasteiger partial charge in [0.25, 0.3) is 5.91 Å². The Morgan fingerprint density at radius 1 is 1.41 bits per heavy atom. The van der Waals surface area contributed by atoms with E-state index in [-0.39, 0.29) is 5.91 Å². The maximum absolute atomic E-state index is 12.3. The highest BCUT2D eigenvalue weighted by Crippen LogP contribution is 2.31. The summed E-state index contributed by atoms with van der Waals surface area (Å²) in [5, 5.41) is 6.90. The third-order valence-electron chi connectivity index (χ3n) is 3.73. The zero-order valence-electron chi connectivity index (χ0n) is 12.7. The fourth-order valence-electron chi connectivity index (χ4n) is 2.50. The number of nitrogens with zero attached hydrogens (tertiary/aromatic N) is 4. The van der Waals surface area contributed by atoms with Gasteiger partial charge in [-0.1, -0.05) is 12.1 Å². The van der Waals surface area contributed by atoms with E-state index in [1.54, 1.807) is 4.68 Å². The second-order valence-electron chi connectivity index (χ2n) is 5.30. The zero-order chi connectivity index (χ0) is 15.5. The number of likely N-dealkylation sites (N-methyl/N-ethyl adjacent to an activating group) is 1. The molecule has 3 rings (SSSR count). The van der Waals surface area contributed by atoms with Gasteiger partial charge in [-0.25, -0.2) is 4.98 Å². The fraction of sp³-hybridized carbons (Fsp3) is 0.400. The first-order chi connectivity index (χ1) is 10.6. The third-order valence-corrected chi connectivity index (χ3v) is 3.73. The van der Waals surface area contributed by atoms with E-state index in [1.807, 2.05) is 43.3 Å². The van der Waals surface area contributed by atoms with Gasteiger partial charge in [-0.15, -0.1) is 0 Å². The smallest absolute Gasteiger partial charge is 0.262 e. The van der Waals surface area contributed by atoms with Gasteiger partial charge in [-0.3, -0.25) is 9.48 Å². The number of ether oxygens (including phenoxy) is 1. The van der Waals surface area contributed by atoms with Crippen LogP contribution in [0.1, 0.15) is 5.82 Å². The lowest BCUT2D eigenvalue weighted by Crippen LogP contribution is -2.48. The van der Waals surface area contributed by atoms with Crippen LogP contribution in [0, 0.1) is 0 Å². The lowest BCUT2D eigenvalue weighted by molar-refractivity contribution is -0.127. The van der Waals surface area contributed by atoms with Crippen LogP contribution in [0.4, 0.5) is 5.69 Å². The summed E-state index contributed by atoms with van der Waals surface area (Å²) in [6, 6.07) is 7.73. The molecule has 1 aliphatic rings. The maximum Gasteiger partial charge on any atom is 0.262 e. The number of carbonyl (C=O) groups is 1. The molecule has 7 nitrogen and oxygen atoms in total. The summed E-state index contributed by atoms with van der Waals surface area (Å²) in [5.41, 5.74) is 1.01. The van der Waals surface area contributed by atoms with Gasteiger partial charge in [0, 0.05) is 27.1 Å². The van der Waals surface area contributed by atoms with Crippen molar-refractivity contribution in [3.63, 3.8) is 0 Å². The Hall–Kier alpha value is -2.57. The van der Waals surface area contributed by atoms with Crippen LogP contribution >= 0.6 is 0 Å². The monoisotopic (exact) mass is 301 g/mol. The van der Waals surface area contributed by atoms with Gasteiger partial charge < -0.3 is 15.0 Å². The lowest BCUT2D eigenvalue weighted by atomic mass is 10.2. The van der Waals surface area contributed by atoms with Crippen molar-refractivity contribution >= 4 is 11.6 Å². The molecule has 0 spiro atoms. The molecule has 1 N–H and O–H groups in total. The molecule has 1 aromatic heterocycles. The van der Waals surface area contributed by atoms with Gasteiger partial charge in [0.1, 0.15) is 17.9 Å². The van der Waals surface area contributed by atoms with E-state index >= 15 is 0 Å². The predicted octanol–water partition coefficient (Wildman–Crippen LogP) is 0.371. The van der Waals surface area contributed by atoms with Crippen LogP contribution in [-0.2, 0) is 18.3 Å². The highest BCUT2D eigenvalue weighted by molar-refractivity contribution is 5.83. The molecule has 1 atom stereocenters. The number of benzene rings is 1. The topological polar surface area (TPSA) is 72.3 Å². The van der Waals surface area contributed by atoms with Crippen molar-refractivity contribution in [2.24, 2.45) is 7.05 Å². The minimum Gasteiger partial charge on any atom is -0.477 e. The van der Waals surface area contributed by atoms with Gasteiger partial charge in [0.05, 0.1) is 12.2 Å².